The molecule has 36 heavy (non-hydrogen) atoms. The van der Waals surface area contributed by atoms with Gasteiger partial charge in [-0.15, -0.1) is 0 Å². The number of ketones is 4. The highest BCUT2D eigenvalue weighted by Crippen LogP contribution is 2.52. The summed E-state index contributed by atoms with van der Waals surface area (Å²) in [5, 5.41) is 22.3. The number of rotatable bonds is 3. The van der Waals surface area contributed by atoms with Crippen molar-refractivity contribution in [1.29, 1.82) is 0 Å². The zero-order valence-electron chi connectivity index (χ0n) is 19.6. The number of Topliss-reactive ketones (excluding diaryl/α,β-unsaturated/α-hetero) is 4. The van der Waals surface area contributed by atoms with Gasteiger partial charge in [0.15, 0.2) is 34.7 Å². The molecule has 3 aliphatic rings. The van der Waals surface area contributed by atoms with E-state index >= 15 is 0 Å². The molecule has 3 aliphatic carbocycles. The van der Waals surface area contributed by atoms with Crippen molar-refractivity contribution in [3.8, 4) is 16.9 Å². The largest absolute Gasteiger partial charge is 0.505 e. The second kappa shape index (κ2) is 7.84. The Kier molecular flexibility index (Phi) is 5.20. The Morgan fingerprint density at radius 2 is 1.89 bits per heavy atom. The average molecular weight is 495 g/mol. The van der Waals surface area contributed by atoms with Gasteiger partial charge in [-0.25, -0.2) is 0 Å². The number of aromatic hydroxyl groups is 1. The molecule has 2 unspecified atom stereocenters. The van der Waals surface area contributed by atoms with Gasteiger partial charge in [0.2, 0.25) is 5.91 Å². The Bertz CT molecular complexity index is 1350. The van der Waals surface area contributed by atoms with E-state index in [-0.39, 0.29) is 24.1 Å². The van der Waals surface area contributed by atoms with Crippen molar-refractivity contribution in [2.24, 2.45) is 29.4 Å². The van der Waals surface area contributed by atoms with Crippen LogP contribution in [0.2, 0.25) is 0 Å². The second-order valence-corrected chi connectivity index (χ2v) is 10.0. The van der Waals surface area contributed by atoms with Gasteiger partial charge in [0.1, 0.15) is 5.75 Å². The van der Waals surface area contributed by atoms with Gasteiger partial charge in [0, 0.05) is 11.5 Å². The first kappa shape index (κ1) is 23.9. The van der Waals surface area contributed by atoms with E-state index in [9.17, 15) is 34.2 Å². The number of benzene rings is 1. The summed E-state index contributed by atoms with van der Waals surface area (Å²) in [5.74, 6) is -11.1. The number of carbonyl (C=O) groups excluding carboxylic acids is 5. The van der Waals surface area contributed by atoms with Crippen LogP contribution >= 0.6 is 0 Å². The van der Waals surface area contributed by atoms with Gasteiger partial charge in [-0.2, -0.15) is 0 Å². The van der Waals surface area contributed by atoms with Gasteiger partial charge in [-0.05, 0) is 56.1 Å². The molecule has 1 aromatic carbocycles. The number of phenols is 1. The number of hydrogen-bond donors (Lipinski definition) is 4. The first-order valence-corrected chi connectivity index (χ1v) is 11.4. The molecule has 6 N–H and O–H groups in total. The van der Waals surface area contributed by atoms with Crippen molar-refractivity contribution in [2.75, 3.05) is 19.8 Å². The molecule has 0 spiro atoms. The number of nitrogen functional groups attached to an aromatic ring is 1. The maximum Gasteiger partial charge on any atom is 0.235 e. The number of fused-ring (bicyclic) bond motifs is 3. The molecule has 1 amide bonds. The molecule has 0 radical (unpaired) electrons. The molecular weight excluding hydrogens is 470 g/mol. The third-order valence-electron chi connectivity index (χ3n) is 7.92. The van der Waals surface area contributed by atoms with Crippen molar-refractivity contribution in [2.45, 2.75) is 24.5 Å². The first-order chi connectivity index (χ1) is 16.9. The third-order valence-corrected chi connectivity index (χ3v) is 7.92. The third kappa shape index (κ3) is 2.96. The van der Waals surface area contributed by atoms with Crippen LogP contribution in [0.4, 0.5) is 5.69 Å². The Morgan fingerprint density at radius 1 is 1.19 bits per heavy atom. The van der Waals surface area contributed by atoms with E-state index in [4.69, 9.17) is 15.9 Å². The first-order valence-electron chi connectivity index (χ1n) is 11.4. The Balaban J connectivity index is 1.69. The molecule has 188 valence electrons. The second-order valence-electron chi connectivity index (χ2n) is 10.0. The van der Waals surface area contributed by atoms with E-state index in [1.165, 1.54) is 37.6 Å². The van der Waals surface area contributed by atoms with Crippen LogP contribution in [0.15, 0.2) is 29.1 Å². The number of likely N-dealkylation sites (N-methyl/N-ethyl adjacent to an activating group) is 1. The number of hydrogen-bond acceptors (Lipinski definition) is 10. The van der Waals surface area contributed by atoms with E-state index in [0.29, 0.717) is 16.7 Å². The summed E-state index contributed by atoms with van der Waals surface area (Å²) in [6, 6.07) is 2.03. The zero-order chi connectivity index (χ0) is 26.3. The van der Waals surface area contributed by atoms with Crippen molar-refractivity contribution in [3.63, 3.8) is 0 Å². The number of anilines is 1. The van der Waals surface area contributed by atoms with Gasteiger partial charge in [-0.3, -0.25) is 28.9 Å². The smallest absolute Gasteiger partial charge is 0.235 e. The number of nitrogens with zero attached hydrogens (tertiary/aromatic N) is 1. The molecule has 5 rings (SSSR count). The normalized spacial score (nSPS) is 31.7. The van der Waals surface area contributed by atoms with Crippen LogP contribution in [0, 0.1) is 23.7 Å². The van der Waals surface area contributed by atoms with E-state index in [2.05, 4.69) is 0 Å². The van der Waals surface area contributed by atoms with Gasteiger partial charge in [-0.1, -0.05) is 0 Å². The highest BCUT2D eigenvalue weighted by Gasteiger charge is 2.69. The lowest BCUT2D eigenvalue weighted by Crippen LogP contribution is -2.74. The monoisotopic (exact) mass is 495 g/mol. The van der Waals surface area contributed by atoms with Crippen LogP contribution in [0.5, 0.6) is 5.75 Å². The van der Waals surface area contributed by atoms with Crippen LogP contribution in [-0.2, 0) is 25.6 Å². The minimum absolute atomic E-state index is 0.0279. The van der Waals surface area contributed by atoms with E-state index in [1.54, 1.807) is 6.07 Å². The molecule has 0 bridgehead atoms. The zero-order valence-corrected chi connectivity index (χ0v) is 19.6. The molecule has 2 aromatic rings. The Morgan fingerprint density at radius 3 is 2.47 bits per heavy atom. The summed E-state index contributed by atoms with van der Waals surface area (Å²) in [5.41, 5.74) is 9.90. The number of phenolic OH excluding ortho intramolecular Hbond substituents is 1. The van der Waals surface area contributed by atoms with Gasteiger partial charge >= 0.3 is 0 Å². The predicted octanol–water partition coefficient (Wildman–Crippen LogP) is -0.291. The van der Waals surface area contributed by atoms with Crippen molar-refractivity contribution >= 4 is 34.7 Å². The van der Waals surface area contributed by atoms with Crippen LogP contribution < -0.4 is 11.5 Å². The SMILES string of the molecule is CN(C)[C@H]1C(=O)C(C(N)=O)C(=O)[C@]2(O)C(=O)C3C(=O)c4c(O)c(N)cc(-c5ccoc5)c4C[C@@H]3C[C@H]12. The molecule has 1 heterocycles. The number of aliphatic hydroxyl groups is 1. The summed E-state index contributed by atoms with van der Waals surface area (Å²) < 4.78 is 5.16. The lowest BCUT2D eigenvalue weighted by Gasteiger charge is -2.52. The lowest BCUT2D eigenvalue weighted by molar-refractivity contribution is -0.181. The minimum atomic E-state index is -2.76. The van der Waals surface area contributed by atoms with E-state index in [1.807, 2.05) is 0 Å². The summed E-state index contributed by atoms with van der Waals surface area (Å²) >= 11 is 0. The lowest BCUT2D eigenvalue weighted by atomic mass is 9.52. The fourth-order valence-corrected chi connectivity index (χ4v) is 6.37. The predicted molar refractivity (Wildman–Crippen MR) is 123 cm³/mol. The number of amides is 1. The molecule has 11 nitrogen and oxygen atoms in total. The standard InChI is InChI=1S/C25H25N3O8/c1-28(2)18-13-6-10-5-12-11(9-3-4-36-8-9)7-14(26)19(29)16(12)20(30)15(10)22(32)25(13,35)23(33)17(21(18)31)24(27)34/h3-4,7-8,10,13,15,17-18,29,35H,5-6,26H2,1-2H3,(H2,27,34)/t10-,13-,15?,17?,18-,25-/m1/s1. The molecule has 11 heteroatoms. The fraction of sp³-hybridized carbons (Fsp3) is 0.400. The number of nitrogens with two attached hydrogens (primary N) is 2. The summed E-state index contributed by atoms with van der Waals surface area (Å²) in [4.78, 5) is 67.4. The minimum Gasteiger partial charge on any atom is -0.505 e. The van der Waals surface area contributed by atoms with E-state index < -0.39 is 70.1 Å². The highest BCUT2D eigenvalue weighted by atomic mass is 16.3. The summed E-state index contributed by atoms with van der Waals surface area (Å²) in [6.07, 6.45) is 3.01. The van der Waals surface area contributed by atoms with Crippen LogP contribution in [-0.4, -0.2) is 69.9 Å². The van der Waals surface area contributed by atoms with Gasteiger partial charge < -0.3 is 26.1 Å². The summed E-state index contributed by atoms with van der Waals surface area (Å²) in [6.45, 7) is 0. The molecular formula is C25H25N3O8. The fourth-order valence-electron chi connectivity index (χ4n) is 6.37. The highest BCUT2D eigenvalue weighted by molar-refractivity contribution is 6.32. The quantitative estimate of drug-likeness (QED) is 0.250. The molecule has 2 saturated carbocycles. The van der Waals surface area contributed by atoms with Crippen molar-refractivity contribution < 1.29 is 38.6 Å². The molecule has 2 fully saturated rings. The Hall–Kier alpha value is -3.83. The van der Waals surface area contributed by atoms with E-state index in [0.717, 1.165) is 0 Å². The van der Waals surface area contributed by atoms with Gasteiger partial charge in [0.05, 0.1) is 35.7 Å². The van der Waals surface area contributed by atoms with Crippen molar-refractivity contribution in [1.82, 2.24) is 4.90 Å². The topological polar surface area (TPSA) is 194 Å². The van der Waals surface area contributed by atoms with Crippen LogP contribution in [0.1, 0.15) is 22.3 Å². The molecule has 0 saturated heterocycles. The maximum atomic E-state index is 13.8. The molecule has 0 aliphatic heterocycles. The Labute approximate surface area is 205 Å². The van der Waals surface area contributed by atoms with Gasteiger partial charge in [0.25, 0.3) is 0 Å². The number of carbonyl (C=O) groups is 5. The maximum absolute atomic E-state index is 13.8. The van der Waals surface area contributed by atoms with Crippen LogP contribution in [0.3, 0.4) is 0 Å². The molecule has 6 atom stereocenters. The molecule has 1 aromatic heterocycles. The summed E-state index contributed by atoms with van der Waals surface area (Å²) in [7, 11) is 3.07. The number of furan rings is 1. The van der Waals surface area contributed by atoms with Crippen molar-refractivity contribution in [3.05, 3.63) is 35.8 Å². The number of primary amides is 1. The average Bonchev–Trinajstić information content (AvgIpc) is 3.33. The van der Waals surface area contributed by atoms with Crippen LogP contribution in [0.25, 0.3) is 11.1 Å².